The topological polar surface area (TPSA) is 60.9 Å². The highest BCUT2D eigenvalue weighted by molar-refractivity contribution is 6.30. The molecule has 1 unspecified atom stereocenters. The van der Waals surface area contributed by atoms with Crippen molar-refractivity contribution in [2.45, 2.75) is 19.9 Å². The number of halogens is 1. The van der Waals surface area contributed by atoms with E-state index in [4.69, 9.17) is 11.6 Å². The Kier molecular flexibility index (Phi) is 5.27. The van der Waals surface area contributed by atoms with Crippen molar-refractivity contribution in [3.63, 3.8) is 0 Å². The molecule has 2 aliphatic heterocycles. The molecule has 1 atom stereocenters. The normalized spacial score (nSPS) is 21.0. The first kappa shape index (κ1) is 17.7. The molecule has 0 aliphatic carbocycles. The van der Waals surface area contributed by atoms with E-state index < -0.39 is 0 Å². The first-order valence-electron chi connectivity index (χ1n) is 8.50. The van der Waals surface area contributed by atoms with Crippen LogP contribution in [0.2, 0.25) is 5.02 Å². The number of piperazine rings is 1. The van der Waals surface area contributed by atoms with Gasteiger partial charge in [-0.1, -0.05) is 23.7 Å². The molecule has 1 aromatic rings. The maximum absolute atomic E-state index is 12.7. The predicted octanol–water partition coefficient (Wildman–Crippen LogP) is 1.38. The van der Waals surface area contributed by atoms with E-state index in [-0.39, 0.29) is 30.1 Å². The number of carbonyl (C=O) groups is 3. The van der Waals surface area contributed by atoms with Gasteiger partial charge in [-0.05, 0) is 17.7 Å². The first-order chi connectivity index (χ1) is 11.9. The lowest BCUT2D eigenvalue weighted by Crippen LogP contribution is -2.51. The highest BCUT2D eigenvalue weighted by Crippen LogP contribution is 2.23. The van der Waals surface area contributed by atoms with E-state index in [1.165, 1.54) is 0 Å². The van der Waals surface area contributed by atoms with Crippen molar-refractivity contribution in [2.75, 3.05) is 32.7 Å². The van der Waals surface area contributed by atoms with E-state index in [0.29, 0.717) is 44.3 Å². The fraction of sp³-hybridized carbons (Fsp3) is 0.500. The van der Waals surface area contributed by atoms with Crippen molar-refractivity contribution in [1.29, 1.82) is 0 Å². The number of hydrogen-bond donors (Lipinski definition) is 0. The van der Waals surface area contributed by atoms with Crippen molar-refractivity contribution in [3.8, 4) is 0 Å². The van der Waals surface area contributed by atoms with Gasteiger partial charge in [0.05, 0.1) is 5.92 Å². The molecule has 0 spiro atoms. The SMILES string of the molecule is CC(=O)N1CCN(C(=O)C2CC(=O)N(Cc3ccc(Cl)cc3)C2)CC1. The van der Waals surface area contributed by atoms with E-state index in [9.17, 15) is 14.4 Å². The monoisotopic (exact) mass is 363 g/mol. The van der Waals surface area contributed by atoms with Gasteiger partial charge in [0.25, 0.3) is 0 Å². The number of benzene rings is 1. The molecule has 25 heavy (non-hydrogen) atoms. The minimum absolute atomic E-state index is 0.00988. The van der Waals surface area contributed by atoms with Crippen LogP contribution in [0.25, 0.3) is 0 Å². The summed E-state index contributed by atoms with van der Waals surface area (Å²) in [6.07, 6.45) is 0.263. The third-order valence-electron chi connectivity index (χ3n) is 4.89. The third kappa shape index (κ3) is 4.12. The van der Waals surface area contributed by atoms with Gasteiger partial charge < -0.3 is 14.7 Å². The van der Waals surface area contributed by atoms with Crippen LogP contribution >= 0.6 is 11.6 Å². The molecule has 0 N–H and O–H groups in total. The molecule has 2 fully saturated rings. The Labute approximate surface area is 152 Å². The molecule has 0 aromatic heterocycles. The highest BCUT2D eigenvalue weighted by Gasteiger charge is 2.37. The average Bonchev–Trinajstić information content (AvgIpc) is 2.97. The summed E-state index contributed by atoms with van der Waals surface area (Å²) in [6, 6.07) is 7.39. The minimum atomic E-state index is -0.288. The van der Waals surface area contributed by atoms with Crippen LogP contribution in [-0.4, -0.2) is 65.1 Å². The summed E-state index contributed by atoms with van der Waals surface area (Å²) in [7, 11) is 0. The average molecular weight is 364 g/mol. The quantitative estimate of drug-likeness (QED) is 0.815. The molecule has 6 nitrogen and oxygen atoms in total. The summed E-state index contributed by atoms with van der Waals surface area (Å²) in [6.45, 7) is 4.71. The molecule has 0 radical (unpaired) electrons. The minimum Gasteiger partial charge on any atom is -0.339 e. The zero-order chi connectivity index (χ0) is 18.0. The second kappa shape index (κ2) is 7.44. The van der Waals surface area contributed by atoms with E-state index in [1.54, 1.807) is 33.8 Å². The van der Waals surface area contributed by atoms with Crippen molar-refractivity contribution >= 4 is 29.3 Å². The van der Waals surface area contributed by atoms with Crippen molar-refractivity contribution in [3.05, 3.63) is 34.9 Å². The zero-order valence-corrected chi connectivity index (χ0v) is 15.0. The number of carbonyl (C=O) groups excluding carboxylic acids is 3. The maximum Gasteiger partial charge on any atom is 0.228 e. The number of rotatable bonds is 3. The first-order valence-corrected chi connectivity index (χ1v) is 8.88. The lowest BCUT2D eigenvalue weighted by Gasteiger charge is -2.35. The molecule has 3 rings (SSSR count). The summed E-state index contributed by atoms with van der Waals surface area (Å²) in [5.41, 5.74) is 1.00. The van der Waals surface area contributed by atoms with E-state index in [0.717, 1.165) is 5.56 Å². The molecule has 0 bridgehead atoms. The number of hydrogen-bond acceptors (Lipinski definition) is 3. The molecule has 134 valence electrons. The highest BCUT2D eigenvalue weighted by atomic mass is 35.5. The summed E-state index contributed by atoms with van der Waals surface area (Å²) in [4.78, 5) is 41.6. The Hall–Kier alpha value is -2.08. The summed E-state index contributed by atoms with van der Waals surface area (Å²) >= 11 is 5.88. The summed E-state index contributed by atoms with van der Waals surface area (Å²) in [5, 5.41) is 0.661. The largest absolute Gasteiger partial charge is 0.339 e. The Balaban J connectivity index is 1.56. The van der Waals surface area contributed by atoms with Gasteiger partial charge in [0.1, 0.15) is 0 Å². The lowest BCUT2D eigenvalue weighted by atomic mass is 10.1. The third-order valence-corrected chi connectivity index (χ3v) is 5.14. The molecular weight excluding hydrogens is 342 g/mol. The summed E-state index contributed by atoms with van der Waals surface area (Å²) < 4.78 is 0. The molecule has 2 saturated heterocycles. The Morgan fingerprint density at radius 1 is 1.08 bits per heavy atom. The smallest absolute Gasteiger partial charge is 0.228 e. The number of amides is 3. The standard InChI is InChI=1S/C18H22ClN3O3/c1-13(23)20-6-8-21(9-7-20)18(25)15-10-17(24)22(12-15)11-14-2-4-16(19)5-3-14/h2-5,15H,6-12H2,1H3. The van der Waals surface area contributed by atoms with Gasteiger partial charge in [0.15, 0.2) is 0 Å². The van der Waals surface area contributed by atoms with Crippen LogP contribution in [0.15, 0.2) is 24.3 Å². The second-order valence-electron chi connectivity index (χ2n) is 6.63. The molecule has 2 aliphatic rings. The van der Waals surface area contributed by atoms with Gasteiger partial charge in [-0.25, -0.2) is 0 Å². The Bertz CT molecular complexity index is 669. The van der Waals surface area contributed by atoms with Crippen molar-refractivity contribution in [2.24, 2.45) is 5.92 Å². The molecular formula is C18H22ClN3O3. The van der Waals surface area contributed by atoms with Crippen molar-refractivity contribution < 1.29 is 14.4 Å². The summed E-state index contributed by atoms with van der Waals surface area (Å²) in [5.74, 6) is -0.216. The molecule has 0 saturated carbocycles. The van der Waals surface area contributed by atoms with Gasteiger partial charge in [-0.3, -0.25) is 14.4 Å². The lowest BCUT2D eigenvalue weighted by molar-refractivity contribution is -0.141. The van der Waals surface area contributed by atoms with E-state index in [2.05, 4.69) is 0 Å². The van der Waals surface area contributed by atoms with Gasteiger partial charge in [0, 0.05) is 57.6 Å². The van der Waals surface area contributed by atoms with Gasteiger partial charge >= 0.3 is 0 Å². The van der Waals surface area contributed by atoms with Crippen LogP contribution < -0.4 is 0 Å². The van der Waals surface area contributed by atoms with E-state index >= 15 is 0 Å². The number of likely N-dealkylation sites (tertiary alicyclic amines) is 1. The Morgan fingerprint density at radius 2 is 1.68 bits per heavy atom. The van der Waals surface area contributed by atoms with Crippen LogP contribution in [0.5, 0.6) is 0 Å². The van der Waals surface area contributed by atoms with Crippen LogP contribution in [-0.2, 0) is 20.9 Å². The molecule has 2 heterocycles. The van der Waals surface area contributed by atoms with Gasteiger partial charge in [-0.2, -0.15) is 0 Å². The van der Waals surface area contributed by atoms with Crippen LogP contribution in [0.4, 0.5) is 0 Å². The zero-order valence-electron chi connectivity index (χ0n) is 14.3. The molecule has 1 aromatic carbocycles. The number of nitrogens with zero attached hydrogens (tertiary/aromatic N) is 3. The molecule has 7 heteroatoms. The van der Waals surface area contributed by atoms with Crippen LogP contribution in [0.3, 0.4) is 0 Å². The van der Waals surface area contributed by atoms with Crippen molar-refractivity contribution in [1.82, 2.24) is 14.7 Å². The van der Waals surface area contributed by atoms with Crippen LogP contribution in [0.1, 0.15) is 18.9 Å². The Morgan fingerprint density at radius 3 is 2.28 bits per heavy atom. The van der Waals surface area contributed by atoms with E-state index in [1.807, 2.05) is 12.1 Å². The fourth-order valence-corrected chi connectivity index (χ4v) is 3.53. The fourth-order valence-electron chi connectivity index (χ4n) is 3.40. The second-order valence-corrected chi connectivity index (χ2v) is 7.07. The predicted molar refractivity (Wildman–Crippen MR) is 93.8 cm³/mol. The van der Waals surface area contributed by atoms with Crippen LogP contribution in [0, 0.1) is 5.92 Å². The van der Waals surface area contributed by atoms with Gasteiger partial charge in [0.2, 0.25) is 17.7 Å². The molecule has 3 amide bonds. The van der Waals surface area contributed by atoms with Gasteiger partial charge in [-0.15, -0.1) is 0 Å². The maximum atomic E-state index is 12.7.